The first-order valence-electron chi connectivity index (χ1n) is 6.28. The largest absolute Gasteiger partial charge is 0.419 e. The summed E-state index contributed by atoms with van der Waals surface area (Å²) in [6.07, 6.45) is -3.87. The topological polar surface area (TPSA) is 55.6 Å². The van der Waals surface area contributed by atoms with Gasteiger partial charge >= 0.3 is 6.18 Å². The van der Waals surface area contributed by atoms with Crippen molar-refractivity contribution in [1.29, 1.82) is 0 Å². The van der Waals surface area contributed by atoms with E-state index in [0.29, 0.717) is 18.4 Å². The zero-order chi connectivity index (χ0) is 15.5. The molecule has 0 fully saturated rings. The van der Waals surface area contributed by atoms with Crippen molar-refractivity contribution in [2.75, 3.05) is 6.54 Å². The molecular formula is C12H13F4N5. The smallest absolute Gasteiger partial charge is 0.310 e. The van der Waals surface area contributed by atoms with Crippen molar-refractivity contribution in [3.05, 3.63) is 35.4 Å². The van der Waals surface area contributed by atoms with Crippen molar-refractivity contribution < 1.29 is 17.6 Å². The van der Waals surface area contributed by atoms with Gasteiger partial charge in [-0.2, -0.15) is 17.9 Å². The molecule has 0 aliphatic rings. The van der Waals surface area contributed by atoms with Gasteiger partial charge in [-0.1, -0.05) is 6.92 Å². The summed E-state index contributed by atoms with van der Waals surface area (Å²) in [7, 11) is 0. The maximum atomic E-state index is 13.3. The fraction of sp³-hybridized carbons (Fsp3) is 0.417. The number of hydrogen-bond acceptors (Lipinski definition) is 4. The van der Waals surface area contributed by atoms with Crippen LogP contribution in [-0.4, -0.2) is 26.8 Å². The molecule has 1 aromatic heterocycles. The van der Waals surface area contributed by atoms with Gasteiger partial charge in [-0.15, -0.1) is 5.10 Å². The fourth-order valence-electron chi connectivity index (χ4n) is 1.76. The number of hydrogen-bond donors (Lipinski definition) is 1. The van der Waals surface area contributed by atoms with Gasteiger partial charge < -0.3 is 5.32 Å². The van der Waals surface area contributed by atoms with Crippen molar-refractivity contribution >= 4 is 0 Å². The Hall–Kier alpha value is -2.03. The van der Waals surface area contributed by atoms with Crippen LogP contribution in [0, 0.1) is 5.82 Å². The van der Waals surface area contributed by atoms with Crippen LogP contribution in [-0.2, 0) is 12.7 Å². The summed E-state index contributed by atoms with van der Waals surface area (Å²) < 4.78 is 52.5. The molecule has 0 spiro atoms. The summed E-state index contributed by atoms with van der Waals surface area (Å²) in [5.41, 5.74) is -1.29. The number of tetrazole rings is 1. The Morgan fingerprint density at radius 1 is 1.29 bits per heavy atom. The predicted octanol–water partition coefficient (Wildman–Crippen LogP) is 2.32. The van der Waals surface area contributed by atoms with Gasteiger partial charge in [0.15, 0.2) is 5.82 Å². The van der Waals surface area contributed by atoms with Crippen molar-refractivity contribution in [2.45, 2.75) is 26.1 Å². The molecule has 0 aliphatic carbocycles. The average molecular weight is 303 g/mol. The Morgan fingerprint density at radius 3 is 2.71 bits per heavy atom. The van der Waals surface area contributed by atoms with Gasteiger partial charge in [0.05, 0.1) is 17.8 Å². The van der Waals surface area contributed by atoms with Gasteiger partial charge in [-0.05, 0) is 41.6 Å². The second-order valence-corrected chi connectivity index (χ2v) is 4.35. The summed E-state index contributed by atoms with van der Waals surface area (Å²) in [6, 6.07) is 2.64. The van der Waals surface area contributed by atoms with Crippen LogP contribution >= 0.6 is 0 Å². The highest BCUT2D eigenvalue weighted by atomic mass is 19.4. The number of nitrogens with zero attached hydrogens (tertiary/aromatic N) is 4. The van der Waals surface area contributed by atoms with Gasteiger partial charge in [0.2, 0.25) is 0 Å². The molecule has 114 valence electrons. The molecule has 0 aliphatic heterocycles. The molecule has 1 heterocycles. The van der Waals surface area contributed by atoms with E-state index >= 15 is 0 Å². The van der Waals surface area contributed by atoms with E-state index in [-0.39, 0.29) is 5.69 Å². The van der Waals surface area contributed by atoms with Crippen molar-refractivity contribution in [2.24, 2.45) is 0 Å². The molecule has 21 heavy (non-hydrogen) atoms. The zero-order valence-corrected chi connectivity index (χ0v) is 11.2. The fourth-order valence-corrected chi connectivity index (χ4v) is 1.76. The van der Waals surface area contributed by atoms with E-state index in [4.69, 9.17) is 0 Å². The molecule has 0 bridgehead atoms. The molecule has 0 radical (unpaired) electrons. The van der Waals surface area contributed by atoms with Crippen LogP contribution in [0.5, 0.6) is 0 Å². The first kappa shape index (κ1) is 15.4. The summed E-state index contributed by atoms with van der Waals surface area (Å²) >= 11 is 0. The molecule has 5 nitrogen and oxygen atoms in total. The number of rotatable bonds is 5. The summed E-state index contributed by atoms with van der Waals surface area (Å²) in [5, 5.41) is 13.9. The maximum absolute atomic E-state index is 13.3. The third-order valence-corrected chi connectivity index (χ3v) is 2.74. The standard InChI is InChI=1S/C12H13F4N5/c1-2-5-17-7-11-18-19-20-21(11)8-3-4-10(13)9(6-8)12(14,15)16/h3-4,6,17H,2,5,7H2,1H3. The van der Waals surface area contributed by atoms with Gasteiger partial charge in [-0.3, -0.25) is 0 Å². The van der Waals surface area contributed by atoms with Gasteiger partial charge in [0.25, 0.3) is 0 Å². The lowest BCUT2D eigenvalue weighted by molar-refractivity contribution is -0.140. The van der Waals surface area contributed by atoms with Crippen LogP contribution < -0.4 is 5.32 Å². The van der Waals surface area contributed by atoms with Crippen molar-refractivity contribution in [3.8, 4) is 5.69 Å². The average Bonchev–Trinajstić information content (AvgIpc) is 2.87. The highest BCUT2D eigenvalue weighted by Gasteiger charge is 2.34. The maximum Gasteiger partial charge on any atom is 0.419 e. The van der Waals surface area contributed by atoms with E-state index < -0.39 is 17.6 Å². The van der Waals surface area contributed by atoms with Crippen LogP contribution in [0.4, 0.5) is 17.6 Å². The number of nitrogens with one attached hydrogen (secondary N) is 1. The molecular weight excluding hydrogens is 290 g/mol. The lowest BCUT2D eigenvalue weighted by Crippen LogP contribution is -2.18. The van der Waals surface area contributed by atoms with E-state index in [2.05, 4.69) is 20.8 Å². The minimum Gasteiger partial charge on any atom is -0.310 e. The normalized spacial score (nSPS) is 11.9. The Bertz CT molecular complexity index is 608. The second kappa shape index (κ2) is 6.17. The molecule has 0 atom stereocenters. The van der Waals surface area contributed by atoms with E-state index in [9.17, 15) is 17.6 Å². The molecule has 0 saturated heterocycles. The van der Waals surface area contributed by atoms with Crippen LogP contribution in [0.1, 0.15) is 24.7 Å². The second-order valence-electron chi connectivity index (χ2n) is 4.35. The molecule has 0 saturated carbocycles. The monoisotopic (exact) mass is 303 g/mol. The third kappa shape index (κ3) is 3.54. The molecule has 2 aromatic rings. The van der Waals surface area contributed by atoms with Crippen LogP contribution in [0.25, 0.3) is 5.69 Å². The van der Waals surface area contributed by atoms with E-state index in [1.165, 1.54) is 6.07 Å². The minimum atomic E-state index is -4.77. The third-order valence-electron chi connectivity index (χ3n) is 2.74. The number of aromatic nitrogens is 4. The predicted molar refractivity (Wildman–Crippen MR) is 66.1 cm³/mol. The zero-order valence-electron chi connectivity index (χ0n) is 11.2. The number of benzene rings is 1. The minimum absolute atomic E-state index is 0.0574. The number of halogens is 4. The van der Waals surface area contributed by atoms with Crippen LogP contribution in [0.15, 0.2) is 18.2 Å². The van der Waals surface area contributed by atoms with E-state index in [1.807, 2.05) is 6.92 Å². The lowest BCUT2D eigenvalue weighted by Gasteiger charge is -2.11. The first-order valence-corrected chi connectivity index (χ1v) is 6.28. The van der Waals surface area contributed by atoms with Crippen molar-refractivity contribution in [1.82, 2.24) is 25.5 Å². The number of alkyl halides is 3. The van der Waals surface area contributed by atoms with E-state index in [1.54, 1.807) is 0 Å². The molecule has 2 rings (SSSR count). The summed E-state index contributed by atoms with van der Waals surface area (Å²) in [6.45, 7) is 3.01. The Labute approximate surface area is 118 Å². The highest BCUT2D eigenvalue weighted by Crippen LogP contribution is 2.32. The van der Waals surface area contributed by atoms with Crippen LogP contribution in [0.3, 0.4) is 0 Å². The van der Waals surface area contributed by atoms with E-state index in [0.717, 1.165) is 23.7 Å². The summed E-state index contributed by atoms with van der Waals surface area (Å²) in [5.74, 6) is -0.979. The molecule has 9 heteroatoms. The molecule has 1 aromatic carbocycles. The Morgan fingerprint density at radius 2 is 2.05 bits per heavy atom. The summed E-state index contributed by atoms with van der Waals surface area (Å²) in [4.78, 5) is 0. The Balaban J connectivity index is 2.33. The van der Waals surface area contributed by atoms with Crippen molar-refractivity contribution in [3.63, 3.8) is 0 Å². The Kier molecular flexibility index (Phi) is 4.51. The van der Waals surface area contributed by atoms with Gasteiger partial charge in [0.1, 0.15) is 5.82 Å². The van der Waals surface area contributed by atoms with Crippen LogP contribution in [0.2, 0.25) is 0 Å². The highest BCUT2D eigenvalue weighted by molar-refractivity contribution is 5.37. The van der Waals surface area contributed by atoms with Gasteiger partial charge in [0, 0.05) is 0 Å². The lowest BCUT2D eigenvalue weighted by atomic mass is 10.2. The van der Waals surface area contributed by atoms with Gasteiger partial charge in [-0.25, -0.2) is 4.39 Å². The molecule has 0 amide bonds. The molecule has 0 unspecified atom stereocenters. The SMILES string of the molecule is CCCNCc1nnnn1-c1ccc(F)c(C(F)(F)F)c1. The molecule has 1 N–H and O–H groups in total. The quantitative estimate of drug-likeness (QED) is 0.680. The first-order chi connectivity index (χ1) is 9.93.